The van der Waals surface area contributed by atoms with Gasteiger partial charge in [-0.1, -0.05) is 30.3 Å². The Balaban J connectivity index is 1.61. The van der Waals surface area contributed by atoms with Crippen molar-refractivity contribution in [2.24, 2.45) is 0 Å². The third kappa shape index (κ3) is 4.83. The Hall–Kier alpha value is -4.28. The first-order chi connectivity index (χ1) is 18.1. The van der Waals surface area contributed by atoms with Crippen molar-refractivity contribution in [3.8, 4) is 28.5 Å². The largest absolute Gasteiger partial charge is 0.416 e. The van der Waals surface area contributed by atoms with Crippen molar-refractivity contribution in [3.63, 3.8) is 0 Å². The summed E-state index contributed by atoms with van der Waals surface area (Å²) >= 11 is 0. The van der Waals surface area contributed by atoms with Crippen LogP contribution in [0.2, 0.25) is 0 Å². The topological polar surface area (TPSA) is 120 Å². The van der Waals surface area contributed by atoms with Crippen LogP contribution in [0, 0.1) is 11.3 Å². The average molecular weight is 541 g/mol. The lowest BCUT2D eigenvalue weighted by atomic mass is 9.96. The molecule has 0 radical (unpaired) electrons. The molecule has 9 nitrogen and oxygen atoms in total. The number of nitriles is 1. The van der Waals surface area contributed by atoms with Crippen LogP contribution in [0.4, 0.5) is 13.2 Å². The summed E-state index contributed by atoms with van der Waals surface area (Å²) in [5.41, 5.74) is 4.04. The van der Waals surface area contributed by atoms with Crippen LogP contribution in [0.15, 0.2) is 60.9 Å². The van der Waals surface area contributed by atoms with Gasteiger partial charge in [0.25, 0.3) is 5.91 Å². The monoisotopic (exact) mass is 540 g/mol. The number of aromatic nitrogens is 3. The van der Waals surface area contributed by atoms with Crippen molar-refractivity contribution in [2.45, 2.75) is 6.18 Å². The minimum atomic E-state index is -4.52. The van der Waals surface area contributed by atoms with Crippen LogP contribution in [-0.4, -0.2) is 58.5 Å². The molecule has 0 spiro atoms. The Morgan fingerprint density at radius 3 is 2.34 bits per heavy atom. The number of carbonyl (C=O) groups excluding carboxylic acids is 1. The van der Waals surface area contributed by atoms with Crippen LogP contribution < -0.4 is 5.43 Å². The zero-order valence-corrected chi connectivity index (χ0v) is 20.4. The molecular weight excluding hydrogens is 521 g/mol. The highest BCUT2D eigenvalue weighted by Crippen LogP contribution is 2.36. The van der Waals surface area contributed by atoms with Crippen LogP contribution in [-0.2, 0) is 16.0 Å². The van der Waals surface area contributed by atoms with Gasteiger partial charge >= 0.3 is 6.18 Å². The normalized spacial score (nSPS) is 15.7. The molecule has 1 fully saturated rings. The highest BCUT2D eigenvalue weighted by atomic mass is 32.2. The highest BCUT2D eigenvalue weighted by Gasteiger charge is 2.31. The number of hydrogen-bond acceptors (Lipinski definition) is 7. The minimum absolute atomic E-state index is 0.0833. The molecule has 194 valence electrons. The van der Waals surface area contributed by atoms with E-state index in [0.29, 0.717) is 27.9 Å². The van der Waals surface area contributed by atoms with Crippen LogP contribution in [0.25, 0.3) is 28.0 Å². The fraction of sp³-hybridized carbons (Fsp3) is 0.200. The van der Waals surface area contributed by atoms with Gasteiger partial charge in [0, 0.05) is 36.0 Å². The minimum Gasteiger partial charge on any atom is -0.285 e. The van der Waals surface area contributed by atoms with Crippen molar-refractivity contribution in [3.05, 3.63) is 77.6 Å². The predicted molar refractivity (Wildman–Crippen MR) is 131 cm³/mol. The van der Waals surface area contributed by atoms with E-state index in [2.05, 4.69) is 21.6 Å². The van der Waals surface area contributed by atoms with Crippen molar-refractivity contribution >= 4 is 21.4 Å². The summed E-state index contributed by atoms with van der Waals surface area (Å²) in [6, 6.07) is 13.3. The summed E-state index contributed by atoms with van der Waals surface area (Å²) in [5, 5.41) is 15.5. The summed E-state index contributed by atoms with van der Waals surface area (Å²) < 4.78 is 64.3. The Morgan fingerprint density at radius 1 is 1.00 bits per heavy atom. The van der Waals surface area contributed by atoms with E-state index in [9.17, 15) is 31.6 Å². The van der Waals surface area contributed by atoms with Gasteiger partial charge in [-0.2, -0.15) is 23.5 Å². The summed E-state index contributed by atoms with van der Waals surface area (Å²) in [4.78, 5) is 17.5. The van der Waals surface area contributed by atoms with E-state index in [1.807, 2.05) is 0 Å². The predicted octanol–water partition coefficient (Wildman–Crippen LogP) is 3.33. The lowest BCUT2D eigenvalue weighted by Crippen LogP contribution is -2.50. The molecule has 1 aliphatic heterocycles. The molecule has 1 saturated heterocycles. The van der Waals surface area contributed by atoms with Crippen LogP contribution in [0.3, 0.4) is 0 Å². The van der Waals surface area contributed by atoms with E-state index >= 15 is 0 Å². The fourth-order valence-electron chi connectivity index (χ4n) is 4.23. The van der Waals surface area contributed by atoms with Crippen LogP contribution >= 0.6 is 0 Å². The first-order valence-corrected chi connectivity index (χ1v) is 13.2. The number of carbonyl (C=O) groups is 1. The van der Waals surface area contributed by atoms with Gasteiger partial charge in [0.2, 0.25) is 0 Å². The Labute approximate surface area is 215 Å². The van der Waals surface area contributed by atoms with Gasteiger partial charge in [-0.25, -0.2) is 22.9 Å². The maximum absolute atomic E-state index is 13.2. The summed E-state index contributed by atoms with van der Waals surface area (Å²) in [6.45, 7) is 0.263. The molecule has 0 aliphatic carbocycles. The molecule has 1 amide bonds. The number of fused-ring (bicyclic) bond motifs is 1. The van der Waals surface area contributed by atoms with E-state index in [1.165, 1.54) is 34.1 Å². The number of nitrogens with zero attached hydrogens (tertiary/aromatic N) is 5. The highest BCUT2D eigenvalue weighted by molar-refractivity contribution is 7.91. The average Bonchev–Trinajstić information content (AvgIpc) is 3.33. The smallest absolute Gasteiger partial charge is 0.285 e. The molecule has 0 saturated carbocycles. The summed E-state index contributed by atoms with van der Waals surface area (Å²) in [7, 11) is -3.14. The van der Waals surface area contributed by atoms with Gasteiger partial charge in [0.05, 0.1) is 40.6 Å². The maximum Gasteiger partial charge on any atom is 0.416 e. The fourth-order valence-corrected chi connectivity index (χ4v) is 5.43. The van der Waals surface area contributed by atoms with Crippen molar-refractivity contribution in [1.82, 2.24) is 25.0 Å². The van der Waals surface area contributed by atoms with Gasteiger partial charge in [0.1, 0.15) is 5.56 Å². The number of hydrazine groups is 1. The van der Waals surface area contributed by atoms with Gasteiger partial charge in [0.15, 0.2) is 15.5 Å². The molecule has 38 heavy (non-hydrogen) atoms. The van der Waals surface area contributed by atoms with Crippen molar-refractivity contribution < 1.29 is 26.4 Å². The van der Waals surface area contributed by atoms with Gasteiger partial charge in [-0.3, -0.25) is 10.2 Å². The molecule has 5 rings (SSSR count). The Bertz CT molecular complexity index is 1680. The number of benzene rings is 2. The quantitative estimate of drug-likeness (QED) is 0.422. The van der Waals surface area contributed by atoms with Gasteiger partial charge < -0.3 is 0 Å². The number of amides is 1. The zero-order chi connectivity index (χ0) is 27.1. The molecule has 4 aromatic rings. The number of alkyl halides is 3. The second kappa shape index (κ2) is 9.55. The van der Waals surface area contributed by atoms with Crippen molar-refractivity contribution in [1.29, 1.82) is 5.26 Å². The Morgan fingerprint density at radius 2 is 1.68 bits per heavy atom. The number of sulfone groups is 1. The van der Waals surface area contributed by atoms with E-state index in [-0.39, 0.29) is 35.8 Å². The SMILES string of the molecule is N#Cc1ccccc1-c1cnc2c(C(=O)NN3CCS(=O)(=O)CC3)cnn2c1-c1ccc(C(F)(F)F)cc1. The lowest BCUT2D eigenvalue weighted by molar-refractivity contribution is -0.137. The molecule has 0 atom stereocenters. The molecule has 2 aromatic carbocycles. The summed E-state index contributed by atoms with van der Waals surface area (Å²) in [5.74, 6) is -0.726. The number of nitrogens with one attached hydrogen (secondary N) is 1. The van der Waals surface area contributed by atoms with Gasteiger partial charge in [-0.05, 0) is 18.2 Å². The molecule has 0 bridgehead atoms. The standard InChI is InChI=1S/C25H19F3N6O3S/c26-25(27,28)18-7-5-16(6-8-18)22-20(19-4-2-1-3-17(19)13-29)14-30-23-21(15-31-34(22)23)24(35)32-33-9-11-38(36,37)12-10-33/h1-8,14-15H,9-12H2,(H,32,35). The van der Waals surface area contributed by atoms with Gasteiger partial charge in [-0.15, -0.1) is 0 Å². The molecule has 1 aliphatic rings. The zero-order valence-electron chi connectivity index (χ0n) is 19.6. The Kier molecular flexibility index (Phi) is 6.38. The van der Waals surface area contributed by atoms with E-state index < -0.39 is 27.5 Å². The molecule has 13 heteroatoms. The van der Waals surface area contributed by atoms with Crippen LogP contribution in [0.1, 0.15) is 21.5 Å². The van der Waals surface area contributed by atoms with E-state index in [4.69, 9.17) is 0 Å². The second-order valence-corrected chi connectivity index (χ2v) is 10.9. The summed E-state index contributed by atoms with van der Waals surface area (Å²) in [6.07, 6.45) is -1.79. The first-order valence-electron chi connectivity index (χ1n) is 11.4. The number of rotatable bonds is 4. The molecular formula is C25H19F3N6O3S. The second-order valence-electron chi connectivity index (χ2n) is 8.63. The van der Waals surface area contributed by atoms with Crippen molar-refractivity contribution in [2.75, 3.05) is 24.6 Å². The third-order valence-electron chi connectivity index (χ3n) is 6.20. The van der Waals surface area contributed by atoms with E-state index in [1.54, 1.807) is 24.3 Å². The number of halogens is 3. The molecule has 2 aromatic heterocycles. The first kappa shape index (κ1) is 25.4. The van der Waals surface area contributed by atoms with Crippen LogP contribution in [0.5, 0.6) is 0 Å². The maximum atomic E-state index is 13.2. The molecule has 0 unspecified atom stereocenters. The lowest BCUT2D eigenvalue weighted by Gasteiger charge is -2.26. The van der Waals surface area contributed by atoms with E-state index in [0.717, 1.165) is 12.1 Å². The third-order valence-corrected chi connectivity index (χ3v) is 7.81. The molecule has 3 heterocycles. The molecule has 1 N–H and O–H groups in total. The number of hydrogen-bond donors (Lipinski definition) is 1.